The number of aryl methyl sites for hydroxylation is 2. The largest absolute Gasteiger partial charge is 0.465 e. The Balaban J connectivity index is 1.72. The van der Waals surface area contributed by atoms with Gasteiger partial charge >= 0.3 is 5.97 Å². The zero-order valence-electron chi connectivity index (χ0n) is 16.0. The number of carbonyl (C=O) groups excluding carboxylic acids is 2. The van der Waals surface area contributed by atoms with E-state index in [4.69, 9.17) is 4.74 Å². The Morgan fingerprint density at radius 2 is 1.83 bits per heavy atom. The summed E-state index contributed by atoms with van der Waals surface area (Å²) in [4.78, 5) is 25.3. The van der Waals surface area contributed by atoms with Crippen LogP contribution < -0.4 is 5.32 Å². The second-order valence-electron chi connectivity index (χ2n) is 6.97. The molecule has 6 heteroatoms. The summed E-state index contributed by atoms with van der Waals surface area (Å²) in [7, 11) is 1.36. The summed E-state index contributed by atoms with van der Waals surface area (Å²) in [6, 6.07) is 13.6. The molecular weight excluding hydrogens is 450 g/mol. The summed E-state index contributed by atoms with van der Waals surface area (Å²) in [5, 5.41) is 5.28. The number of hydrogen-bond acceptors (Lipinski definition) is 4. The molecule has 1 aliphatic carbocycles. The van der Waals surface area contributed by atoms with Crippen LogP contribution in [0.25, 0.3) is 11.1 Å². The van der Waals surface area contributed by atoms with Gasteiger partial charge in [0, 0.05) is 15.4 Å². The van der Waals surface area contributed by atoms with Crippen LogP contribution in [0, 0.1) is 0 Å². The van der Waals surface area contributed by atoms with E-state index in [0.29, 0.717) is 20.6 Å². The molecule has 0 spiro atoms. The number of carbonyl (C=O) groups is 2. The first-order valence-corrected chi connectivity index (χ1v) is 11.1. The molecule has 0 bridgehead atoms. The first-order valence-electron chi connectivity index (χ1n) is 9.46. The zero-order chi connectivity index (χ0) is 20.4. The first-order chi connectivity index (χ1) is 14.1. The van der Waals surface area contributed by atoms with Crippen LogP contribution in [0.2, 0.25) is 0 Å². The molecule has 1 amide bonds. The molecule has 0 saturated carbocycles. The topological polar surface area (TPSA) is 55.4 Å². The van der Waals surface area contributed by atoms with Gasteiger partial charge < -0.3 is 10.1 Å². The van der Waals surface area contributed by atoms with Crippen LogP contribution in [-0.4, -0.2) is 19.0 Å². The van der Waals surface area contributed by atoms with Gasteiger partial charge in [0.1, 0.15) is 10.6 Å². The van der Waals surface area contributed by atoms with Crippen molar-refractivity contribution in [3.8, 4) is 11.1 Å². The molecule has 0 saturated heterocycles. The molecule has 0 unspecified atom stereocenters. The van der Waals surface area contributed by atoms with Gasteiger partial charge in [0.15, 0.2) is 0 Å². The van der Waals surface area contributed by atoms with Crippen molar-refractivity contribution in [1.82, 2.24) is 0 Å². The van der Waals surface area contributed by atoms with Crippen LogP contribution in [-0.2, 0) is 17.6 Å². The van der Waals surface area contributed by atoms with E-state index in [-0.39, 0.29) is 5.91 Å². The number of ether oxygens (including phenoxy) is 1. The van der Waals surface area contributed by atoms with Crippen molar-refractivity contribution in [2.45, 2.75) is 25.7 Å². The maximum atomic E-state index is 12.7. The standard InChI is InChI=1S/C23H20BrNO3S/c1-28-23(27)20-18(16-11-10-14-6-2-3-7-15(14)12-16)13-29-22(20)25-21(26)17-8-4-5-9-19(17)24/h4-5,8-13H,2-3,6-7H2,1H3,(H,25,26). The molecule has 29 heavy (non-hydrogen) atoms. The maximum Gasteiger partial charge on any atom is 0.341 e. The average Bonchev–Trinajstić information content (AvgIpc) is 3.16. The molecule has 0 aliphatic heterocycles. The number of benzene rings is 2. The van der Waals surface area contributed by atoms with Crippen molar-refractivity contribution in [3.05, 3.63) is 74.6 Å². The van der Waals surface area contributed by atoms with Crippen LogP contribution in [0.15, 0.2) is 52.3 Å². The van der Waals surface area contributed by atoms with Crippen molar-refractivity contribution < 1.29 is 14.3 Å². The van der Waals surface area contributed by atoms with Gasteiger partial charge in [-0.05, 0) is 70.4 Å². The van der Waals surface area contributed by atoms with E-state index in [1.165, 1.54) is 42.4 Å². The minimum absolute atomic E-state index is 0.276. The number of rotatable bonds is 4. The minimum atomic E-state index is -0.457. The molecule has 4 rings (SSSR count). The summed E-state index contributed by atoms with van der Waals surface area (Å²) >= 11 is 4.73. The molecule has 1 heterocycles. The number of esters is 1. The van der Waals surface area contributed by atoms with Crippen LogP contribution in [0.1, 0.15) is 44.7 Å². The Hall–Kier alpha value is -2.44. The molecule has 1 aliphatic rings. The van der Waals surface area contributed by atoms with E-state index in [1.807, 2.05) is 17.5 Å². The average molecular weight is 470 g/mol. The number of nitrogens with one attached hydrogen (secondary N) is 1. The molecule has 0 atom stereocenters. The van der Waals surface area contributed by atoms with Gasteiger partial charge in [-0.25, -0.2) is 4.79 Å². The van der Waals surface area contributed by atoms with Crippen LogP contribution in [0.3, 0.4) is 0 Å². The molecule has 2 aromatic carbocycles. The molecule has 0 fully saturated rings. The second-order valence-corrected chi connectivity index (χ2v) is 8.70. The van der Waals surface area contributed by atoms with E-state index in [9.17, 15) is 9.59 Å². The van der Waals surface area contributed by atoms with E-state index < -0.39 is 5.97 Å². The van der Waals surface area contributed by atoms with Crippen molar-refractivity contribution in [1.29, 1.82) is 0 Å². The lowest BCUT2D eigenvalue weighted by Gasteiger charge is -2.16. The van der Waals surface area contributed by atoms with Crippen LogP contribution in [0.5, 0.6) is 0 Å². The number of amides is 1. The fourth-order valence-corrected chi connectivity index (χ4v) is 5.10. The highest BCUT2D eigenvalue weighted by molar-refractivity contribution is 9.10. The third-order valence-corrected chi connectivity index (χ3v) is 6.77. The fourth-order valence-electron chi connectivity index (χ4n) is 3.68. The molecule has 3 aromatic rings. The van der Waals surface area contributed by atoms with E-state index in [2.05, 4.69) is 39.4 Å². The predicted molar refractivity (Wildman–Crippen MR) is 120 cm³/mol. The first kappa shape index (κ1) is 19.9. The van der Waals surface area contributed by atoms with Gasteiger partial charge in [-0.1, -0.05) is 30.3 Å². The maximum absolute atomic E-state index is 12.7. The van der Waals surface area contributed by atoms with E-state index in [0.717, 1.165) is 24.0 Å². The van der Waals surface area contributed by atoms with Crippen molar-refractivity contribution >= 4 is 44.1 Å². The molecule has 1 N–H and O–H groups in total. The molecule has 0 radical (unpaired) electrons. The quantitative estimate of drug-likeness (QED) is 0.469. The molecule has 4 nitrogen and oxygen atoms in total. The number of fused-ring (bicyclic) bond motifs is 1. The smallest absolute Gasteiger partial charge is 0.341 e. The van der Waals surface area contributed by atoms with Crippen molar-refractivity contribution in [3.63, 3.8) is 0 Å². The Bertz CT molecular complexity index is 1090. The fraction of sp³-hybridized carbons (Fsp3) is 0.217. The highest BCUT2D eigenvalue weighted by Gasteiger charge is 2.24. The highest BCUT2D eigenvalue weighted by atomic mass is 79.9. The van der Waals surface area contributed by atoms with Gasteiger partial charge in [-0.3, -0.25) is 4.79 Å². The van der Waals surface area contributed by atoms with Crippen molar-refractivity contribution in [2.24, 2.45) is 0 Å². The van der Waals surface area contributed by atoms with Gasteiger partial charge in [0.25, 0.3) is 5.91 Å². The molecule has 148 valence electrons. The lowest BCUT2D eigenvalue weighted by Crippen LogP contribution is -2.14. The highest BCUT2D eigenvalue weighted by Crippen LogP contribution is 2.38. The Morgan fingerprint density at radius 1 is 1.07 bits per heavy atom. The SMILES string of the molecule is COC(=O)c1c(-c2ccc3c(c2)CCCC3)csc1NC(=O)c1ccccc1Br. The monoisotopic (exact) mass is 469 g/mol. The predicted octanol–water partition coefficient (Wildman–Crippen LogP) is 6.10. The number of thiophene rings is 1. The Kier molecular flexibility index (Phi) is 5.83. The lowest BCUT2D eigenvalue weighted by atomic mass is 9.89. The molecule has 1 aromatic heterocycles. The third-order valence-electron chi connectivity index (χ3n) is 5.19. The second kappa shape index (κ2) is 8.51. The van der Waals surface area contributed by atoms with Crippen molar-refractivity contribution in [2.75, 3.05) is 12.4 Å². The molecular formula is C23H20BrNO3S. The Labute approximate surface area is 182 Å². The third kappa shape index (κ3) is 4.00. The zero-order valence-corrected chi connectivity index (χ0v) is 18.4. The number of methoxy groups -OCH3 is 1. The van der Waals surface area contributed by atoms with Crippen LogP contribution in [0.4, 0.5) is 5.00 Å². The summed E-state index contributed by atoms with van der Waals surface area (Å²) in [6.07, 6.45) is 4.59. The summed E-state index contributed by atoms with van der Waals surface area (Å²) in [5.74, 6) is -0.733. The summed E-state index contributed by atoms with van der Waals surface area (Å²) in [6.45, 7) is 0. The van der Waals surface area contributed by atoms with E-state index >= 15 is 0 Å². The Morgan fingerprint density at radius 3 is 2.59 bits per heavy atom. The number of halogens is 1. The summed E-state index contributed by atoms with van der Waals surface area (Å²) < 4.78 is 5.73. The van der Waals surface area contributed by atoms with E-state index in [1.54, 1.807) is 12.1 Å². The van der Waals surface area contributed by atoms with Gasteiger partial charge in [0.2, 0.25) is 0 Å². The van der Waals surface area contributed by atoms with Gasteiger partial charge in [-0.2, -0.15) is 0 Å². The lowest BCUT2D eigenvalue weighted by molar-refractivity contribution is 0.0603. The van der Waals surface area contributed by atoms with Gasteiger partial charge in [-0.15, -0.1) is 11.3 Å². The normalized spacial score (nSPS) is 12.9. The van der Waals surface area contributed by atoms with Gasteiger partial charge in [0.05, 0.1) is 12.7 Å². The van der Waals surface area contributed by atoms with Crippen LogP contribution >= 0.6 is 27.3 Å². The number of hydrogen-bond donors (Lipinski definition) is 1. The minimum Gasteiger partial charge on any atom is -0.465 e. The summed E-state index contributed by atoms with van der Waals surface area (Å²) in [5.41, 5.74) is 5.40. The number of anilines is 1.